The van der Waals surface area contributed by atoms with Gasteiger partial charge in [0.1, 0.15) is 0 Å². The minimum Gasteiger partial charge on any atom is -0.481 e. The van der Waals surface area contributed by atoms with E-state index in [1.165, 1.54) is 19.3 Å². The standard InChI is InChI=1S/C15H25NO3/c1-3-15(5-4-6-15)9-16-13(17)11-7-10(2)8-12(11)14(18)19/h10-12H,3-9H2,1-2H3,(H,16,17)(H,18,19). The van der Waals surface area contributed by atoms with Crippen molar-refractivity contribution in [3.05, 3.63) is 0 Å². The topological polar surface area (TPSA) is 66.4 Å². The molecule has 4 heteroatoms. The van der Waals surface area contributed by atoms with Gasteiger partial charge in [-0.25, -0.2) is 0 Å². The Hall–Kier alpha value is -1.06. The molecule has 0 aromatic rings. The predicted molar refractivity (Wildman–Crippen MR) is 72.6 cm³/mol. The van der Waals surface area contributed by atoms with Gasteiger partial charge < -0.3 is 10.4 Å². The molecule has 1 amide bonds. The first-order valence-corrected chi connectivity index (χ1v) is 7.48. The molecule has 108 valence electrons. The number of carbonyl (C=O) groups is 2. The van der Waals surface area contributed by atoms with Crippen molar-refractivity contribution >= 4 is 11.9 Å². The molecule has 2 aliphatic carbocycles. The van der Waals surface area contributed by atoms with Crippen LogP contribution in [0.1, 0.15) is 52.4 Å². The summed E-state index contributed by atoms with van der Waals surface area (Å²) >= 11 is 0. The summed E-state index contributed by atoms with van der Waals surface area (Å²) in [6.07, 6.45) is 6.06. The van der Waals surface area contributed by atoms with Crippen molar-refractivity contribution in [1.29, 1.82) is 0 Å². The zero-order chi connectivity index (χ0) is 14.0. The van der Waals surface area contributed by atoms with Gasteiger partial charge in [0.2, 0.25) is 5.91 Å². The Morgan fingerprint density at radius 1 is 1.26 bits per heavy atom. The van der Waals surface area contributed by atoms with Crippen LogP contribution in [0.3, 0.4) is 0 Å². The summed E-state index contributed by atoms with van der Waals surface area (Å²) < 4.78 is 0. The van der Waals surface area contributed by atoms with E-state index in [-0.39, 0.29) is 11.8 Å². The van der Waals surface area contributed by atoms with E-state index in [2.05, 4.69) is 12.2 Å². The fourth-order valence-electron chi connectivity index (χ4n) is 3.59. The van der Waals surface area contributed by atoms with Gasteiger partial charge >= 0.3 is 5.97 Å². The first-order valence-electron chi connectivity index (χ1n) is 7.48. The number of amides is 1. The molecule has 0 aromatic heterocycles. The zero-order valence-corrected chi connectivity index (χ0v) is 11.9. The fraction of sp³-hybridized carbons (Fsp3) is 0.867. The summed E-state index contributed by atoms with van der Waals surface area (Å²) in [7, 11) is 0. The van der Waals surface area contributed by atoms with E-state index in [4.69, 9.17) is 0 Å². The monoisotopic (exact) mass is 267 g/mol. The van der Waals surface area contributed by atoms with Gasteiger partial charge in [0.25, 0.3) is 0 Å². The van der Waals surface area contributed by atoms with Crippen LogP contribution in [0, 0.1) is 23.2 Å². The molecule has 0 aliphatic heterocycles. The highest BCUT2D eigenvalue weighted by molar-refractivity contribution is 5.85. The zero-order valence-electron chi connectivity index (χ0n) is 11.9. The van der Waals surface area contributed by atoms with Crippen molar-refractivity contribution in [3.63, 3.8) is 0 Å². The van der Waals surface area contributed by atoms with E-state index in [0.29, 0.717) is 24.2 Å². The SMILES string of the molecule is CCC1(CNC(=O)C2CC(C)CC2C(=O)O)CCC1. The molecule has 0 spiro atoms. The lowest BCUT2D eigenvalue weighted by atomic mass is 9.67. The van der Waals surface area contributed by atoms with Crippen molar-refractivity contribution in [1.82, 2.24) is 5.32 Å². The molecule has 0 saturated heterocycles. The summed E-state index contributed by atoms with van der Waals surface area (Å²) in [6, 6.07) is 0. The second kappa shape index (κ2) is 5.51. The summed E-state index contributed by atoms with van der Waals surface area (Å²) in [5.74, 6) is -1.36. The van der Waals surface area contributed by atoms with Crippen molar-refractivity contribution in [2.75, 3.05) is 6.54 Å². The minimum absolute atomic E-state index is 0.0449. The largest absolute Gasteiger partial charge is 0.481 e. The number of carboxylic acid groups (broad SMARTS) is 1. The lowest BCUT2D eigenvalue weighted by molar-refractivity contribution is -0.146. The fourth-order valence-corrected chi connectivity index (χ4v) is 3.59. The molecule has 2 aliphatic rings. The van der Waals surface area contributed by atoms with Gasteiger partial charge in [0.05, 0.1) is 11.8 Å². The molecule has 0 bridgehead atoms. The minimum atomic E-state index is -0.821. The maximum Gasteiger partial charge on any atom is 0.307 e. The highest BCUT2D eigenvalue weighted by atomic mass is 16.4. The summed E-state index contributed by atoms with van der Waals surface area (Å²) in [6.45, 7) is 4.92. The molecule has 0 heterocycles. The second-order valence-electron chi connectivity index (χ2n) is 6.55. The summed E-state index contributed by atoms with van der Waals surface area (Å²) in [4.78, 5) is 23.4. The van der Waals surface area contributed by atoms with Gasteiger partial charge in [-0.3, -0.25) is 9.59 Å². The highest BCUT2D eigenvalue weighted by Crippen LogP contribution is 2.43. The van der Waals surface area contributed by atoms with Gasteiger partial charge in [-0.15, -0.1) is 0 Å². The van der Waals surface area contributed by atoms with Gasteiger partial charge in [0, 0.05) is 6.54 Å². The van der Waals surface area contributed by atoms with E-state index < -0.39 is 11.9 Å². The third kappa shape index (κ3) is 2.93. The smallest absolute Gasteiger partial charge is 0.307 e. The van der Waals surface area contributed by atoms with Crippen LogP contribution in [0.5, 0.6) is 0 Å². The number of carboxylic acids is 1. The third-order valence-corrected chi connectivity index (χ3v) is 5.25. The first kappa shape index (κ1) is 14.4. The van der Waals surface area contributed by atoms with Crippen LogP contribution < -0.4 is 5.32 Å². The predicted octanol–water partition coefficient (Wildman–Crippen LogP) is 2.43. The highest BCUT2D eigenvalue weighted by Gasteiger charge is 2.42. The molecule has 2 saturated carbocycles. The molecule has 2 N–H and O–H groups in total. The van der Waals surface area contributed by atoms with Crippen LogP contribution in [0.25, 0.3) is 0 Å². The Morgan fingerprint density at radius 2 is 1.89 bits per heavy atom. The lowest BCUT2D eigenvalue weighted by Crippen LogP contribution is -2.44. The van der Waals surface area contributed by atoms with Crippen LogP contribution in [0.15, 0.2) is 0 Å². The van der Waals surface area contributed by atoms with Crippen LogP contribution in [0.4, 0.5) is 0 Å². The Bertz CT molecular complexity index is 357. The van der Waals surface area contributed by atoms with Gasteiger partial charge in [-0.2, -0.15) is 0 Å². The molecular formula is C15H25NO3. The van der Waals surface area contributed by atoms with Crippen molar-refractivity contribution in [2.45, 2.75) is 52.4 Å². The van der Waals surface area contributed by atoms with Crippen LogP contribution in [-0.4, -0.2) is 23.5 Å². The molecule has 2 fully saturated rings. The van der Waals surface area contributed by atoms with Crippen molar-refractivity contribution < 1.29 is 14.7 Å². The molecule has 4 nitrogen and oxygen atoms in total. The van der Waals surface area contributed by atoms with Crippen LogP contribution in [0.2, 0.25) is 0 Å². The normalized spacial score (nSPS) is 32.6. The Labute approximate surface area is 115 Å². The van der Waals surface area contributed by atoms with Gasteiger partial charge in [0.15, 0.2) is 0 Å². The second-order valence-corrected chi connectivity index (χ2v) is 6.55. The van der Waals surface area contributed by atoms with Gasteiger partial charge in [-0.05, 0) is 43.4 Å². The van der Waals surface area contributed by atoms with Gasteiger partial charge in [-0.1, -0.05) is 20.3 Å². The number of nitrogens with one attached hydrogen (secondary N) is 1. The van der Waals surface area contributed by atoms with E-state index in [0.717, 1.165) is 13.0 Å². The van der Waals surface area contributed by atoms with Crippen LogP contribution in [-0.2, 0) is 9.59 Å². The number of aliphatic carboxylic acids is 1. The Balaban J connectivity index is 1.90. The van der Waals surface area contributed by atoms with E-state index in [1.54, 1.807) is 0 Å². The quantitative estimate of drug-likeness (QED) is 0.804. The molecule has 3 unspecified atom stereocenters. The van der Waals surface area contributed by atoms with E-state index >= 15 is 0 Å². The number of rotatable bonds is 5. The average molecular weight is 267 g/mol. The average Bonchev–Trinajstić information content (AvgIpc) is 2.70. The Kier molecular flexibility index (Phi) is 4.16. The molecule has 0 radical (unpaired) electrons. The van der Waals surface area contributed by atoms with E-state index in [9.17, 15) is 14.7 Å². The number of carbonyl (C=O) groups excluding carboxylic acids is 1. The van der Waals surface area contributed by atoms with Crippen molar-refractivity contribution in [3.8, 4) is 0 Å². The maximum absolute atomic E-state index is 12.2. The van der Waals surface area contributed by atoms with Crippen molar-refractivity contribution in [2.24, 2.45) is 23.2 Å². The summed E-state index contributed by atoms with van der Waals surface area (Å²) in [5, 5.41) is 12.2. The maximum atomic E-state index is 12.2. The molecule has 19 heavy (non-hydrogen) atoms. The first-order chi connectivity index (χ1) is 8.97. The van der Waals surface area contributed by atoms with E-state index in [1.807, 2.05) is 6.92 Å². The third-order valence-electron chi connectivity index (χ3n) is 5.25. The lowest BCUT2D eigenvalue weighted by Gasteiger charge is -2.41. The number of hydrogen-bond donors (Lipinski definition) is 2. The molecule has 3 atom stereocenters. The molecule has 2 rings (SSSR count). The van der Waals surface area contributed by atoms with Crippen LogP contribution >= 0.6 is 0 Å². The molecule has 0 aromatic carbocycles. The summed E-state index contributed by atoms with van der Waals surface area (Å²) in [5.41, 5.74) is 0.290. The molecular weight excluding hydrogens is 242 g/mol. The Morgan fingerprint density at radius 3 is 2.37 bits per heavy atom. The number of hydrogen-bond acceptors (Lipinski definition) is 2.